The minimum atomic E-state index is -0.168. The fraction of sp³-hybridized carbons (Fsp3) is 0.462. The Morgan fingerprint density at radius 1 is 1.50 bits per heavy atom. The molecule has 0 aliphatic carbocycles. The maximum atomic E-state index is 11.7. The molecule has 1 rings (SSSR count). The smallest absolute Gasteiger partial charge is 0.310 e. The Hall–Kier alpha value is -0.770. The molecule has 1 aromatic rings. The lowest BCUT2D eigenvalue weighted by atomic mass is 9.99. The van der Waals surface area contributed by atoms with Crippen LogP contribution in [0.4, 0.5) is 0 Å². The average Bonchev–Trinajstić information content (AvgIpc) is 2.29. The van der Waals surface area contributed by atoms with Gasteiger partial charge in [0, 0.05) is 11.6 Å². The number of hydrogen-bond donors (Lipinski definition) is 1. The van der Waals surface area contributed by atoms with Crippen molar-refractivity contribution in [1.29, 1.82) is 0 Å². The summed E-state index contributed by atoms with van der Waals surface area (Å²) in [7, 11) is 1.82. The number of benzene rings is 1. The van der Waals surface area contributed by atoms with E-state index >= 15 is 0 Å². The van der Waals surface area contributed by atoms with E-state index in [0.717, 1.165) is 5.56 Å². The SMILES string of the molecule is CCOC(=O)C(CNC)Cc1cccc(Cl)c1.Cl. The second kappa shape index (κ2) is 9.20. The summed E-state index contributed by atoms with van der Waals surface area (Å²) >= 11 is 5.91. The first-order valence-corrected chi connectivity index (χ1v) is 6.10. The largest absolute Gasteiger partial charge is 0.466 e. The molecule has 102 valence electrons. The lowest BCUT2D eigenvalue weighted by Crippen LogP contribution is -2.29. The van der Waals surface area contributed by atoms with Gasteiger partial charge in [0.25, 0.3) is 0 Å². The zero-order valence-electron chi connectivity index (χ0n) is 10.6. The molecule has 1 aromatic carbocycles. The minimum Gasteiger partial charge on any atom is -0.466 e. The van der Waals surface area contributed by atoms with Crippen LogP contribution in [0, 0.1) is 5.92 Å². The Kier molecular flexibility index (Phi) is 8.81. The summed E-state index contributed by atoms with van der Waals surface area (Å²) in [6, 6.07) is 7.55. The molecule has 0 aliphatic heterocycles. The molecule has 0 amide bonds. The van der Waals surface area contributed by atoms with Crippen molar-refractivity contribution < 1.29 is 9.53 Å². The van der Waals surface area contributed by atoms with Crippen molar-refractivity contribution in [1.82, 2.24) is 5.32 Å². The molecule has 3 nitrogen and oxygen atoms in total. The average molecular weight is 292 g/mol. The van der Waals surface area contributed by atoms with Crippen LogP contribution in [0.1, 0.15) is 12.5 Å². The Labute approximate surface area is 119 Å². The molecule has 0 bridgehead atoms. The third-order valence-corrected chi connectivity index (χ3v) is 2.68. The fourth-order valence-electron chi connectivity index (χ4n) is 1.69. The molecule has 1 unspecified atom stereocenters. The van der Waals surface area contributed by atoms with Crippen molar-refractivity contribution in [3.63, 3.8) is 0 Å². The van der Waals surface area contributed by atoms with Gasteiger partial charge in [0.2, 0.25) is 0 Å². The predicted octanol–water partition coefficient (Wildman–Crippen LogP) is 2.70. The zero-order valence-corrected chi connectivity index (χ0v) is 12.2. The van der Waals surface area contributed by atoms with Gasteiger partial charge in [-0.25, -0.2) is 0 Å². The second-order valence-corrected chi connectivity index (χ2v) is 4.28. The first-order valence-electron chi connectivity index (χ1n) is 5.73. The van der Waals surface area contributed by atoms with Gasteiger partial charge in [0.05, 0.1) is 12.5 Å². The number of nitrogens with one attached hydrogen (secondary N) is 1. The Morgan fingerprint density at radius 2 is 2.22 bits per heavy atom. The number of carbonyl (C=O) groups is 1. The second-order valence-electron chi connectivity index (χ2n) is 3.84. The Balaban J connectivity index is 0.00000289. The molecule has 0 fully saturated rings. The van der Waals surface area contributed by atoms with Gasteiger partial charge in [-0.3, -0.25) is 4.79 Å². The summed E-state index contributed by atoms with van der Waals surface area (Å²) in [5.41, 5.74) is 1.05. The lowest BCUT2D eigenvalue weighted by Gasteiger charge is -2.15. The van der Waals surface area contributed by atoms with E-state index in [1.54, 1.807) is 0 Å². The maximum absolute atomic E-state index is 11.7. The molecule has 0 saturated heterocycles. The van der Waals surface area contributed by atoms with Crippen LogP contribution < -0.4 is 5.32 Å². The van der Waals surface area contributed by atoms with Crippen LogP contribution in [0.25, 0.3) is 0 Å². The van der Waals surface area contributed by atoms with Crippen LogP contribution in [0.15, 0.2) is 24.3 Å². The summed E-state index contributed by atoms with van der Waals surface area (Å²) < 4.78 is 5.05. The molecule has 5 heteroatoms. The fourth-order valence-corrected chi connectivity index (χ4v) is 1.91. The highest BCUT2D eigenvalue weighted by atomic mass is 35.5. The maximum Gasteiger partial charge on any atom is 0.310 e. The number of halogens is 2. The molecular formula is C13H19Cl2NO2. The van der Waals surface area contributed by atoms with Gasteiger partial charge < -0.3 is 10.1 Å². The number of hydrogen-bond acceptors (Lipinski definition) is 3. The predicted molar refractivity (Wildman–Crippen MR) is 76.5 cm³/mol. The molecule has 1 N–H and O–H groups in total. The Morgan fingerprint density at radius 3 is 2.78 bits per heavy atom. The van der Waals surface area contributed by atoms with Gasteiger partial charge in [-0.2, -0.15) is 0 Å². The van der Waals surface area contributed by atoms with Crippen LogP contribution in [0.2, 0.25) is 5.02 Å². The molecule has 0 saturated carbocycles. The number of rotatable bonds is 6. The molecule has 0 radical (unpaired) electrons. The molecule has 0 aromatic heterocycles. The molecule has 18 heavy (non-hydrogen) atoms. The van der Waals surface area contributed by atoms with Gasteiger partial charge in [0.15, 0.2) is 0 Å². The van der Waals surface area contributed by atoms with E-state index in [2.05, 4.69) is 5.32 Å². The normalized spacial score (nSPS) is 11.5. The summed E-state index contributed by atoms with van der Waals surface area (Å²) in [4.78, 5) is 11.7. The highest BCUT2D eigenvalue weighted by Gasteiger charge is 2.19. The number of ether oxygens (including phenoxy) is 1. The molecule has 0 heterocycles. The van der Waals surface area contributed by atoms with Crippen molar-refractivity contribution in [3.05, 3.63) is 34.9 Å². The van der Waals surface area contributed by atoms with Crippen LogP contribution in [-0.2, 0) is 16.0 Å². The molecular weight excluding hydrogens is 273 g/mol. The summed E-state index contributed by atoms with van der Waals surface area (Å²) in [6.07, 6.45) is 0.639. The van der Waals surface area contributed by atoms with Gasteiger partial charge in [-0.15, -0.1) is 12.4 Å². The van der Waals surface area contributed by atoms with E-state index in [-0.39, 0.29) is 24.3 Å². The minimum absolute atomic E-state index is 0. The number of carbonyl (C=O) groups excluding carboxylic acids is 1. The zero-order chi connectivity index (χ0) is 12.7. The summed E-state index contributed by atoms with van der Waals surface area (Å²) in [5.74, 6) is -0.333. The van der Waals surface area contributed by atoms with E-state index in [9.17, 15) is 4.79 Å². The quantitative estimate of drug-likeness (QED) is 0.819. The van der Waals surface area contributed by atoms with Crippen LogP contribution >= 0.6 is 24.0 Å². The van der Waals surface area contributed by atoms with Gasteiger partial charge in [-0.1, -0.05) is 23.7 Å². The van der Waals surface area contributed by atoms with E-state index in [1.165, 1.54) is 0 Å². The Bertz CT molecular complexity index is 372. The molecule has 0 aliphatic rings. The van der Waals surface area contributed by atoms with Gasteiger partial charge in [0.1, 0.15) is 0 Å². The van der Waals surface area contributed by atoms with Crippen molar-refractivity contribution in [3.8, 4) is 0 Å². The monoisotopic (exact) mass is 291 g/mol. The van der Waals surface area contributed by atoms with Crippen molar-refractivity contribution in [2.24, 2.45) is 5.92 Å². The van der Waals surface area contributed by atoms with E-state index in [0.29, 0.717) is 24.6 Å². The first-order chi connectivity index (χ1) is 8.17. The van der Waals surface area contributed by atoms with Crippen molar-refractivity contribution >= 4 is 30.0 Å². The van der Waals surface area contributed by atoms with E-state index in [4.69, 9.17) is 16.3 Å². The van der Waals surface area contributed by atoms with E-state index < -0.39 is 0 Å². The first kappa shape index (κ1) is 17.2. The lowest BCUT2D eigenvalue weighted by molar-refractivity contribution is -0.147. The molecule has 0 spiro atoms. The molecule has 1 atom stereocenters. The van der Waals surface area contributed by atoms with Crippen LogP contribution in [-0.4, -0.2) is 26.2 Å². The highest BCUT2D eigenvalue weighted by Crippen LogP contribution is 2.15. The van der Waals surface area contributed by atoms with Crippen molar-refractivity contribution in [2.75, 3.05) is 20.2 Å². The van der Waals surface area contributed by atoms with Crippen molar-refractivity contribution in [2.45, 2.75) is 13.3 Å². The van der Waals surface area contributed by atoms with E-state index in [1.807, 2.05) is 38.2 Å². The third kappa shape index (κ3) is 5.71. The van der Waals surface area contributed by atoms with Crippen LogP contribution in [0.5, 0.6) is 0 Å². The summed E-state index contributed by atoms with van der Waals surface area (Å²) in [5, 5.41) is 3.70. The van der Waals surface area contributed by atoms with Gasteiger partial charge >= 0.3 is 5.97 Å². The standard InChI is InChI=1S/C13H18ClNO2.ClH/c1-3-17-13(16)11(9-15-2)7-10-5-4-6-12(14)8-10;/h4-6,8,11,15H,3,7,9H2,1-2H3;1H. The summed E-state index contributed by atoms with van der Waals surface area (Å²) in [6.45, 7) is 2.83. The topological polar surface area (TPSA) is 38.3 Å². The highest BCUT2D eigenvalue weighted by molar-refractivity contribution is 6.30. The van der Waals surface area contributed by atoms with Gasteiger partial charge in [-0.05, 0) is 38.1 Å². The number of esters is 1. The van der Waals surface area contributed by atoms with Crippen LogP contribution in [0.3, 0.4) is 0 Å². The third-order valence-electron chi connectivity index (χ3n) is 2.44.